The molecule has 0 amide bonds. The lowest BCUT2D eigenvalue weighted by atomic mass is 10.2. The standard InChI is InChI=1S/C11H11N3S2.HI/c1-12-10(15)14-11-13-9(7-16-11)8-5-3-2-4-6-8;/h2-7H,1H3,(H2,12,13,14,15);1H. The highest BCUT2D eigenvalue weighted by Gasteiger charge is 2.03. The molecule has 17 heavy (non-hydrogen) atoms. The molecule has 0 unspecified atom stereocenters. The summed E-state index contributed by atoms with van der Waals surface area (Å²) in [5.74, 6) is 0. The number of hydrogen-bond donors (Lipinski definition) is 2. The molecule has 1 N–H and O–H groups in total. The minimum atomic E-state index is 0. The van der Waals surface area contributed by atoms with Gasteiger partial charge in [0.1, 0.15) is 0 Å². The molecule has 0 saturated heterocycles. The zero-order valence-corrected chi connectivity index (χ0v) is 13.2. The number of hydrogen-bond acceptors (Lipinski definition) is 3. The lowest BCUT2D eigenvalue weighted by molar-refractivity contribution is 1.19. The first-order chi connectivity index (χ1) is 7.79. The number of aromatic nitrogens is 1. The number of benzene rings is 1. The Morgan fingerprint density at radius 1 is 1.35 bits per heavy atom. The highest BCUT2D eigenvalue weighted by Crippen LogP contribution is 2.26. The van der Waals surface area contributed by atoms with Crippen LogP contribution in [0.3, 0.4) is 0 Å². The van der Waals surface area contributed by atoms with Gasteiger partial charge in [-0.1, -0.05) is 30.3 Å². The fraction of sp³-hybridized carbons (Fsp3) is 0.0909. The first kappa shape index (κ1) is 14.5. The fourth-order valence-electron chi connectivity index (χ4n) is 1.20. The van der Waals surface area contributed by atoms with Crippen molar-refractivity contribution in [1.29, 1.82) is 0 Å². The third-order valence-corrected chi connectivity index (χ3v) is 3.04. The summed E-state index contributed by atoms with van der Waals surface area (Å²) in [6.07, 6.45) is 0. The molecule has 6 heteroatoms. The van der Waals surface area contributed by atoms with Gasteiger partial charge in [0.2, 0.25) is 5.13 Å². The molecule has 0 aliphatic heterocycles. The van der Waals surface area contributed by atoms with Gasteiger partial charge in [0.15, 0.2) is 5.17 Å². The van der Waals surface area contributed by atoms with E-state index >= 15 is 0 Å². The Kier molecular flexibility index (Phi) is 5.93. The molecule has 0 radical (unpaired) electrons. The van der Waals surface area contributed by atoms with Crippen LogP contribution >= 0.6 is 47.9 Å². The van der Waals surface area contributed by atoms with Crippen LogP contribution in [0.1, 0.15) is 0 Å². The van der Waals surface area contributed by atoms with Crippen molar-refractivity contribution in [3.8, 4) is 11.3 Å². The second kappa shape index (κ2) is 6.97. The third kappa shape index (κ3) is 3.97. The van der Waals surface area contributed by atoms with Crippen molar-refractivity contribution in [2.24, 2.45) is 4.99 Å². The van der Waals surface area contributed by atoms with Crippen molar-refractivity contribution in [3.63, 3.8) is 0 Å². The first-order valence-electron chi connectivity index (χ1n) is 4.76. The molecule has 1 heterocycles. The zero-order chi connectivity index (χ0) is 11.4. The largest absolute Gasteiger partial charge is 0.368 e. The van der Waals surface area contributed by atoms with Gasteiger partial charge in [0.25, 0.3) is 0 Å². The maximum Gasteiger partial charge on any atom is 0.212 e. The molecule has 0 bridgehead atoms. The summed E-state index contributed by atoms with van der Waals surface area (Å²) in [5, 5.41) is 6.10. The molecule has 3 nitrogen and oxygen atoms in total. The summed E-state index contributed by atoms with van der Waals surface area (Å²) in [6.45, 7) is 0. The van der Waals surface area contributed by atoms with Crippen LogP contribution in [0.2, 0.25) is 0 Å². The van der Waals surface area contributed by atoms with E-state index in [2.05, 4.69) is 27.9 Å². The summed E-state index contributed by atoms with van der Waals surface area (Å²) >= 11 is 5.64. The van der Waals surface area contributed by atoms with Gasteiger partial charge < -0.3 is 5.32 Å². The van der Waals surface area contributed by atoms with Gasteiger partial charge in [0, 0.05) is 18.0 Å². The topological polar surface area (TPSA) is 37.3 Å². The zero-order valence-electron chi connectivity index (χ0n) is 9.12. The second-order valence-electron chi connectivity index (χ2n) is 3.07. The van der Waals surface area contributed by atoms with E-state index < -0.39 is 0 Å². The predicted molar refractivity (Wildman–Crippen MR) is 88.1 cm³/mol. The van der Waals surface area contributed by atoms with Crippen molar-refractivity contribution in [3.05, 3.63) is 35.7 Å². The van der Waals surface area contributed by atoms with Crippen LogP contribution in [0, 0.1) is 0 Å². The van der Waals surface area contributed by atoms with Gasteiger partial charge in [-0.2, -0.15) is 4.99 Å². The van der Waals surface area contributed by atoms with Crippen LogP contribution in [0.5, 0.6) is 0 Å². The Morgan fingerprint density at radius 3 is 2.71 bits per heavy atom. The van der Waals surface area contributed by atoms with E-state index in [1.165, 1.54) is 11.3 Å². The number of nitrogens with zero attached hydrogens (tertiary/aromatic N) is 2. The maximum absolute atomic E-state index is 4.41. The SMILES string of the molecule is CN/C(S)=N/c1nc(-c2ccccc2)cs1.I. The number of nitrogens with one attached hydrogen (secondary N) is 1. The van der Waals surface area contributed by atoms with E-state index in [0.29, 0.717) is 10.3 Å². The molecule has 90 valence electrons. The normalized spacial score (nSPS) is 10.8. The molecule has 0 atom stereocenters. The van der Waals surface area contributed by atoms with Crippen molar-refractivity contribution < 1.29 is 0 Å². The first-order valence-corrected chi connectivity index (χ1v) is 6.08. The van der Waals surface area contributed by atoms with Crippen LogP contribution < -0.4 is 5.32 Å². The van der Waals surface area contributed by atoms with E-state index in [9.17, 15) is 0 Å². The minimum Gasteiger partial charge on any atom is -0.368 e. The summed E-state index contributed by atoms with van der Waals surface area (Å²) in [6, 6.07) is 10.0. The van der Waals surface area contributed by atoms with Gasteiger partial charge in [-0.3, -0.25) is 0 Å². The molecule has 0 fully saturated rings. The number of amidine groups is 1. The van der Waals surface area contributed by atoms with E-state index in [4.69, 9.17) is 0 Å². The molecule has 2 aromatic rings. The molecular formula is C11H12IN3S2. The van der Waals surface area contributed by atoms with Crippen LogP contribution in [0.25, 0.3) is 11.3 Å². The summed E-state index contributed by atoms with van der Waals surface area (Å²) < 4.78 is 0. The Morgan fingerprint density at radius 2 is 2.06 bits per heavy atom. The van der Waals surface area contributed by atoms with E-state index in [0.717, 1.165) is 11.3 Å². The van der Waals surface area contributed by atoms with Crippen molar-refractivity contribution in [2.45, 2.75) is 0 Å². The number of aliphatic imine (C=N–C) groups is 1. The van der Waals surface area contributed by atoms with E-state index in [1.54, 1.807) is 7.05 Å². The highest BCUT2D eigenvalue weighted by atomic mass is 127. The quantitative estimate of drug-likeness (QED) is 0.364. The average Bonchev–Trinajstić information content (AvgIpc) is 2.78. The highest BCUT2D eigenvalue weighted by molar-refractivity contribution is 14.0. The van der Waals surface area contributed by atoms with Crippen LogP contribution in [0.4, 0.5) is 5.13 Å². The predicted octanol–water partition coefficient (Wildman–Crippen LogP) is 3.56. The molecule has 1 aromatic heterocycles. The van der Waals surface area contributed by atoms with Crippen LogP contribution in [0.15, 0.2) is 40.7 Å². The molecular weight excluding hydrogens is 365 g/mol. The van der Waals surface area contributed by atoms with Gasteiger partial charge in [-0.05, 0) is 0 Å². The van der Waals surface area contributed by atoms with Gasteiger partial charge >= 0.3 is 0 Å². The van der Waals surface area contributed by atoms with Gasteiger partial charge in [-0.15, -0.1) is 47.9 Å². The molecule has 0 saturated carbocycles. The number of thiazole rings is 1. The Labute approximate surface area is 127 Å². The molecule has 0 spiro atoms. The van der Waals surface area contributed by atoms with Crippen molar-refractivity contribution >= 4 is 58.2 Å². The molecule has 0 aliphatic rings. The third-order valence-electron chi connectivity index (χ3n) is 1.99. The Hall–Kier alpha value is -0.600. The molecule has 0 aliphatic carbocycles. The van der Waals surface area contributed by atoms with Crippen molar-refractivity contribution in [2.75, 3.05) is 7.05 Å². The Balaban J connectivity index is 0.00000144. The van der Waals surface area contributed by atoms with Gasteiger partial charge in [-0.25, -0.2) is 4.98 Å². The number of rotatable bonds is 2. The van der Waals surface area contributed by atoms with Crippen LogP contribution in [-0.4, -0.2) is 17.2 Å². The fourth-order valence-corrected chi connectivity index (χ4v) is 2.07. The van der Waals surface area contributed by atoms with E-state index in [1.807, 2.05) is 35.7 Å². The maximum atomic E-state index is 4.41. The second-order valence-corrected chi connectivity index (χ2v) is 4.33. The number of halogens is 1. The summed E-state index contributed by atoms with van der Waals surface area (Å²) in [4.78, 5) is 8.61. The monoisotopic (exact) mass is 377 g/mol. The lowest BCUT2D eigenvalue weighted by Crippen LogP contribution is -2.10. The smallest absolute Gasteiger partial charge is 0.212 e. The minimum absolute atomic E-state index is 0. The van der Waals surface area contributed by atoms with Crippen molar-refractivity contribution in [1.82, 2.24) is 10.3 Å². The Bertz CT molecular complexity index is 496. The lowest BCUT2D eigenvalue weighted by Gasteiger charge is -1.94. The van der Waals surface area contributed by atoms with Crippen LogP contribution in [-0.2, 0) is 0 Å². The van der Waals surface area contributed by atoms with E-state index in [-0.39, 0.29) is 24.0 Å². The average molecular weight is 377 g/mol. The molecule has 2 rings (SSSR count). The summed E-state index contributed by atoms with van der Waals surface area (Å²) in [7, 11) is 1.78. The summed E-state index contributed by atoms with van der Waals surface area (Å²) in [5.41, 5.74) is 2.05. The van der Waals surface area contributed by atoms with Gasteiger partial charge in [0.05, 0.1) is 5.69 Å². The molecule has 1 aromatic carbocycles. The number of thiol groups is 1.